The highest BCUT2D eigenvalue weighted by molar-refractivity contribution is 5.14. The van der Waals surface area contributed by atoms with Gasteiger partial charge in [0.15, 0.2) is 0 Å². The maximum atomic E-state index is 4.02. The van der Waals surface area contributed by atoms with Gasteiger partial charge in [0.05, 0.1) is 0 Å². The van der Waals surface area contributed by atoms with Gasteiger partial charge < -0.3 is 0 Å². The highest BCUT2D eigenvalue weighted by Crippen LogP contribution is 2.01. The quantitative estimate of drug-likeness (QED) is 0.706. The molecule has 0 aliphatic carbocycles. The molecule has 2 aromatic rings. The van der Waals surface area contributed by atoms with Crippen molar-refractivity contribution in [2.45, 2.75) is 6.42 Å². The summed E-state index contributed by atoms with van der Waals surface area (Å²) in [6.07, 6.45) is 5.83. The Hall–Kier alpha value is -1.71. The average Bonchev–Trinajstić information content (AvgIpc) is 2.59. The summed E-state index contributed by atoms with van der Waals surface area (Å²) in [6, 6.07) is 3.92. The zero-order chi connectivity index (χ0) is 8.23. The van der Waals surface area contributed by atoms with Crippen LogP contribution in [-0.2, 0) is 6.42 Å². The van der Waals surface area contributed by atoms with Crippen LogP contribution in [0.15, 0.2) is 30.9 Å². The van der Waals surface area contributed by atoms with Crippen molar-refractivity contribution in [1.82, 2.24) is 20.2 Å². The summed E-state index contributed by atoms with van der Waals surface area (Å²) in [4.78, 5) is 7.95. The van der Waals surface area contributed by atoms with Gasteiger partial charge >= 0.3 is 0 Å². The first kappa shape index (κ1) is 6.97. The molecule has 2 rings (SSSR count). The molecule has 0 aliphatic rings. The highest BCUT2D eigenvalue weighted by Gasteiger charge is 1.96. The van der Waals surface area contributed by atoms with Crippen LogP contribution >= 0.6 is 0 Å². The van der Waals surface area contributed by atoms with Crippen LogP contribution in [0.2, 0.25) is 0 Å². The molecular formula is C8H8N4. The number of hydrogen-bond acceptors (Lipinski definition) is 3. The monoisotopic (exact) mass is 160 g/mol. The Morgan fingerprint density at radius 2 is 2.08 bits per heavy atom. The molecule has 0 radical (unpaired) electrons. The minimum absolute atomic E-state index is 0.780. The van der Waals surface area contributed by atoms with Crippen molar-refractivity contribution in [3.8, 4) is 0 Å². The zero-order valence-electron chi connectivity index (χ0n) is 6.44. The molecule has 0 amide bonds. The number of hydrogen-bond donors (Lipinski definition) is 1. The summed E-state index contributed by atoms with van der Waals surface area (Å²) in [5.41, 5.74) is 1.18. The van der Waals surface area contributed by atoms with E-state index in [0.29, 0.717) is 0 Å². The van der Waals surface area contributed by atoms with Crippen molar-refractivity contribution in [3.05, 3.63) is 42.2 Å². The third-order valence-electron chi connectivity index (χ3n) is 1.59. The largest absolute Gasteiger partial charge is 0.265 e. The topological polar surface area (TPSA) is 54.5 Å². The Morgan fingerprint density at radius 1 is 1.25 bits per heavy atom. The molecule has 0 aromatic carbocycles. The fraction of sp³-hybridized carbons (Fsp3) is 0.125. The second kappa shape index (κ2) is 3.13. The molecule has 0 unspecified atom stereocenters. The van der Waals surface area contributed by atoms with Gasteiger partial charge in [-0.1, -0.05) is 0 Å². The van der Waals surface area contributed by atoms with Gasteiger partial charge in [0.25, 0.3) is 0 Å². The van der Waals surface area contributed by atoms with Crippen molar-refractivity contribution in [2.24, 2.45) is 0 Å². The number of pyridine rings is 1. The van der Waals surface area contributed by atoms with E-state index in [1.165, 1.54) is 11.9 Å². The summed E-state index contributed by atoms with van der Waals surface area (Å²) in [5.74, 6) is 0.876. The van der Waals surface area contributed by atoms with Crippen molar-refractivity contribution < 1.29 is 0 Å². The predicted octanol–water partition coefficient (Wildman–Crippen LogP) is 0.790. The molecule has 4 heteroatoms. The van der Waals surface area contributed by atoms with E-state index in [9.17, 15) is 0 Å². The molecule has 0 aliphatic heterocycles. The van der Waals surface area contributed by atoms with Gasteiger partial charge in [-0.3, -0.25) is 10.1 Å². The van der Waals surface area contributed by atoms with Gasteiger partial charge in [0.2, 0.25) is 0 Å². The summed E-state index contributed by atoms with van der Waals surface area (Å²) < 4.78 is 0. The van der Waals surface area contributed by atoms with E-state index in [2.05, 4.69) is 20.2 Å². The van der Waals surface area contributed by atoms with Gasteiger partial charge in [0, 0.05) is 18.8 Å². The Kier molecular flexibility index (Phi) is 1.82. The molecule has 2 heterocycles. The van der Waals surface area contributed by atoms with Crippen molar-refractivity contribution in [1.29, 1.82) is 0 Å². The fourth-order valence-electron chi connectivity index (χ4n) is 1.01. The van der Waals surface area contributed by atoms with E-state index in [4.69, 9.17) is 0 Å². The molecule has 0 spiro atoms. The Labute approximate surface area is 69.7 Å². The lowest BCUT2D eigenvalue weighted by molar-refractivity contribution is 0.969. The fourth-order valence-corrected chi connectivity index (χ4v) is 1.01. The van der Waals surface area contributed by atoms with Crippen LogP contribution in [0.5, 0.6) is 0 Å². The molecule has 1 N–H and O–H groups in total. The molecule has 60 valence electrons. The lowest BCUT2D eigenvalue weighted by Gasteiger charge is -1.94. The Bertz CT molecular complexity index is 327. The van der Waals surface area contributed by atoms with Crippen molar-refractivity contribution >= 4 is 0 Å². The van der Waals surface area contributed by atoms with Crippen LogP contribution in [0.1, 0.15) is 11.4 Å². The molecule has 0 atom stereocenters. The third kappa shape index (κ3) is 1.47. The molecule has 2 aromatic heterocycles. The van der Waals surface area contributed by atoms with Gasteiger partial charge in [-0.2, -0.15) is 5.10 Å². The van der Waals surface area contributed by atoms with Crippen LogP contribution in [0.3, 0.4) is 0 Å². The second-order valence-electron chi connectivity index (χ2n) is 2.46. The molecule has 0 bridgehead atoms. The summed E-state index contributed by atoms with van der Waals surface area (Å²) >= 11 is 0. The molecule has 0 fully saturated rings. The maximum absolute atomic E-state index is 4.02. The predicted molar refractivity (Wildman–Crippen MR) is 43.4 cm³/mol. The number of aromatic nitrogens is 4. The standard InChI is InChI=1S/C8H8N4/c1-3-9-4-2-7(1)5-8-10-6-11-12-8/h1-4,6H,5H2,(H,10,11,12). The first-order valence-electron chi connectivity index (χ1n) is 3.68. The summed E-state index contributed by atoms with van der Waals surface area (Å²) in [5, 5.41) is 6.57. The second-order valence-corrected chi connectivity index (χ2v) is 2.46. The van der Waals surface area contributed by atoms with Gasteiger partial charge in [0.1, 0.15) is 12.2 Å². The molecule has 0 saturated carbocycles. The maximum Gasteiger partial charge on any atom is 0.137 e. The Balaban J connectivity index is 2.15. The third-order valence-corrected chi connectivity index (χ3v) is 1.59. The van der Waals surface area contributed by atoms with Crippen LogP contribution in [0, 0.1) is 0 Å². The van der Waals surface area contributed by atoms with E-state index in [-0.39, 0.29) is 0 Å². The van der Waals surface area contributed by atoms with Gasteiger partial charge in [-0.25, -0.2) is 4.98 Å². The number of nitrogens with zero attached hydrogens (tertiary/aromatic N) is 3. The average molecular weight is 160 g/mol. The first-order valence-corrected chi connectivity index (χ1v) is 3.68. The number of rotatable bonds is 2. The molecular weight excluding hydrogens is 152 g/mol. The lowest BCUT2D eigenvalue weighted by atomic mass is 10.2. The van der Waals surface area contributed by atoms with E-state index >= 15 is 0 Å². The van der Waals surface area contributed by atoms with E-state index < -0.39 is 0 Å². The van der Waals surface area contributed by atoms with Crippen LogP contribution < -0.4 is 0 Å². The minimum atomic E-state index is 0.780. The minimum Gasteiger partial charge on any atom is -0.265 e. The molecule has 12 heavy (non-hydrogen) atoms. The first-order chi connectivity index (χ1) is 5.95. The van der Waals surface area contributed by atoms with Crippen LogP contribution in [0.4, 0.5) is 0 Å². The van der Waals surface area contributed by atoms with E-state index in [1.807, 2.05) is 12.1 Å². The summed E-state index contributed by atoms with van der Waals surface area (Å²) in [7, 11) is 0. The number of aromatic amines is 1. The van der Waals surface area contributed by atoms with E-state index in [0.717, 1.165) is 12.2 Å². The molecule has 0 saturated heterocycles. The number of H-pyrrole nitrogens is 1. The van der Waals surface area contributed by atoms with Crippen molar-refractivity contribution in [3.63, 3.8) is 0 Å². The van der Waals surface area contributed by atoms with Crippen LogP contribution in [-0.4, -0.2) is 20.2 Å². The smallest absolute Gasteiger partial charge is 0.137 e. The van der Waals surface area contributed by atoms with Crippen LogP contribution in [0.25, 0.3) is 0 Å². The van der Waals surface area contributed by atoms with Gasteiger partial charge in [-0.05, 0) is 17.7 Å². The van der Waals surface area contributed by atoms with E-state index in [1.54, 1.807) is 12.4 Å². The SMILES string of the molecule is c1cc(Cc2ncn[nH]2)ccn1. The number of nitrogens with one attached hydrogen (secondary N) is 1. The van der Waals surface area contributed by atoms with Crippen molar-refractivity contribution in [2.75, 3.05) is 0 Å². The Morgan fingerprint density at radius 3 is 2.75 bits per heavy atom. The molecule has 4 nitrogen and oxygen atoms in total. The normalized spacial score (nSPS) is 10.0. The summed E-state index contributed by atoms with van der Waals surface area (Å²) in [6.45, 7) is 0. The highest BCUT2D eigenvalue weighted by atomic mass is 15.2. The lowest BCUT2D eigenvalue weighted by Crippen LogP contribution is -1.90. The van der Waals surface area contributed by atoms with Gasteiger partial charge in [-0.15, -0.1) is 0 Å². The zero-order valence-corrected chi connectivity index (χ0v) is 6.44.